The molecule has 0 amide bonds. The van der Waals surface area contributed by atoms with Crippen LogP contribution in [0.2, 0.25) is 0 Å². The van der Waals surface area contributed by atoms with Gasteiger partial charge in [-0.2, -0.15) is 0 Å². The van der Waals surface area contributed by atoms with E-state index in [-0.39, 0.29) is 17.5 Å². The van der Waals surface area contributed by atoms with Gasteiger partial charge in [-0.05, 0) is 92.8 Å². The first-order valence-corrected chi connectivity index (χ1v) is 18.3. The van der Waals surface area contributed by atoms with Crippen molar-refractivity contribution in [2.24, 2.45) is 0 Å². The lowest BCUT2D eigenvalue weighted by Crippen LogP contribution is -2.58. The highest BCUT2D eigenvalue weighted by molar-refractivity contribution is 6.98. The number of fused-ring (bicyclic) bond motifs is 12. The first kappa shape index (κ1) is 29.7. The van der Waals surface area contributed by atoms with Gasteiger partial charge in [-0.3, -0.25) is 0 Å². The van der Waals surface area contributed by atoms with E-state index in [4.69, 9.17) is 9.47 Å². The highest BCUT2D eigenvalue weighted by atomic mass is 16.5. The van der Waals surface area contributed by atoms with E-state index in [9.17, 15) is 0 Å². The van der Waals surface area contributed by atoms with E-state index in [2.05, 4.69) is 178 Å². The fraction of sp³-hybridized carbons (Fsp3) is 0.125. The van der Waals surface area contributed by atoms with Gasteiger partial charge in [-0.1, -0.05) is 125 Å². The summed E-state index contributed by atoms with van der Waals surface area (Å²) >= 11 is 0. The van der Waals surface area contributed by atoms with Crippen LogP contribution in [0, 0.1) is 0 Å². The minimum atomic E-state index is -0.245. The summed E-state index contributed by atoms with van der Waals surface area (Å²) in [6.07, 6.45) is 0. The number of benzene rings is 7. The topological polar surface area (TPSA) is 21.7 Å². The van der Waals surface area contributed by atoms with Gasteiger partial charge < -0.3 is 14.4 Å². The maximum absolute atomic E-state index is 7.47. The van der Waals surface area contributed by atoms with Crippen molar-refractivity contribution < 1.29 is 9.47 Å². The van der Waals surface area contributed by atoms with Crippen LogP contribution in [0.4, 0.5) is 17.1 Å². The molecule has 0 unspecified atom stereocenters. The predicted octanol–water partition coefficient (Wildman–Crippen LogP) is 10.5. The number of anilines is 3. The lowest BCUT2D eigenvalue weighted by atomic mass is 9.34. The van der Waals surface area contributed by atoms with Crippen LogP contribution in [0.3, 0.4) is 0 Å². The Balaban J connectivity index is 1.15. The van der Waals surface area contributed by atoms with Crippen molar-refractivity contribution >= 4 is 40.2 Å². The molecular weight excluding hydrogens is 633 g/mol. The maximum Gasteiger partial charge on any atom is 0.260 e. The summed E-state index contributed by atoms with van der Waals surface area (Å²) in [5.74, 6) is 3.73. The fourth-order valence-electron chi connectivity index (χ4n) is 9.73. The van der Waals surface area contributed by atoms with E-state index in [1.807, 2.05) is 0 Å². The zero-order valence-electron chi connectivity index (χ0n) is 29.7. The van der Waals surface area contributed by atoms with Gasteiger partial charge >= 0.3 is 0 Å². The summed E-state index contributed by atoms with van der Waals surface area (Å²) in [4.78, 5) is 2.35. The molecule has 3 nitrogen and oxygen atoms in total. The molecule has 2 aliphatic heterocycles. The molecule has 0 atom stereocenters. The molecule has 0 radical (unpaired) electrons. The van der Waals surface area contributed by atoms with Crippen molar-refractivity contribution in [2.45, 2.75) is 38.5 Å². The smallest absolute Gasteiger partial charge is 0.260 e. The van der Waals surface area contributed by atoms with Crippen LogP contribution in [0.15, 0.2) is 146 Å². The highest BCUT2D eigenvalue weighted by Crippen LogP contribution is 2.58. The van der Waals surface area contributed by atoms with E-state index < -0.39 is 0 Å². The molecule has 52 heavy (non-hydrogen) atoms. The van der Waals surface area contributed by atoms with Crippen LogP contribution in [0.1, 0.15) is 49.9 Å². The lowest BCUT2D eigenvalue weighted by molar-refractivity contribution is 0.454. The third-order valence-electron chi connectivity index (χ3n) is 12.1. The molecule has 0 spiro atoms. The first-order chi connectivity index (χ1) is 25.3. The Kier molecular flexibility index (Phi) is 5.88. The minimum Gasteiger partial charge on any atom is -0.458 e. The Morgan fingerprint density at radius 3 is 1.92 bits per heavy atom. The summed E-state index contributed by atoms with van der Waals surface area (Å²) in [7, 11) is 0. The van der Waals surface area contributed by atoms with E-state index >= 15 is 0 Å². The van der Waals surface area contributed by atoms with Crippen molar-refractivity contribution in [1.82, 2.24) is 0 Å². The van der Waals surface area contributed by atoms with Crippen molar-refractivity contribution in [3.63, 3.8) is 0 Å². The second kappa shape index (κ2) is 10.3. The zero-order chi connectivity index (χ0) is 34.9. The molecule has 7 aromatic rings. The van der Waals surface area contributed by atoms with Gasteiger partial charge in [-0.25, -0.2) is 0 Å². The summed E-state index contributed by atoms with van der Waals surface area (Å²) in [6.45, 7) is 9.39. The largest absolute Gasteiger partial charge is 0.458 e. The van der Waals surface area contributed by atoms with Crippen molar-refractivity contribution in [1.29, 1.82) is 0 Å². The summed E-state index contributed by atoms with van der Waals surface area (Å²) in [5, 5.41) is 0. The molecule has 0 saturated heterocycles. The van der Waals surface area contributed by atoms with Gasteiger partial charge in [0.2, 0.25) is 0 Å². The number of hydrogen-bond donors (Lipinski definition) is 0. The van der Waals surface area contributed by atoms with Crippen molar-refractivity contribution in [3.05, 3.63) is 168 Å². The molecule has 2 heterocycles. The van der Waals surface area contributed by atoms with Crippen LogP contribution < -0.4 is 30.8 Å². The molecule has 11 rings (SSSR count). The Morgan fingerprint density at radius 2 is 1.15 bits per heavy atom. The van der Waals surface area contributed by atoms with E-state index in [0.29, 0.717) is 0 Å². The molecule has 0 N–H and O–H groups in total. The normalized spacial score (nSPS) is 15.5. The predicted molar refractivity (Wildman–Crippen MR) is 214 cm³/mol. The van der Waals surface area contributed by atoms with E-state index in [1.54, 1.807) is 0 Å². The van der Waals surface area contributed by atoms with Crippen LogP contribution in [-0.4, -0.2) is 6.71 Å². The Morgan fingerprint density at radius 1 is 0.462 bits per heavy atom. The number of nitrogens with zero attached hydrogens (tertiary/aromatic N) is 1. The second-order valence-electron chi connectivity index (χ2n) is 15.7. The number of ether oxygens (including phenoxy) is 2. The van der Waals surface area contributed by atoms with E-state index in [0.717, 1.165) is 45.5 Å². The first-order valence-electron chi connectivity index (χ1n) is 18.3. The van der Waals surface area contributed by atoms with Gasteiger partial charge in [-0.15, -0.1) is 0 Å². The van der Waals surface area contributed by atoms with Crippen molar-refractivity contribution in [3.8, 4) is 45.3 Å². The summed E-state index contributed by atoms with van der Waals surface area (Å²) in [6, 6.07) is 52.6. The molecule has 7 aromatic carbocycles. The lowest BCUT2D eigenvalue weighted by Gasteiger charge is -2.37. The van der Waals surface area contributed by atoms with Crippen LogP contribution in [0.5, 0.6) is 23.0 Å². The van der Waals surface area contributed by atoms with Crippen LogP contribution in [-0.2, 0) is 10.8 Å². The molecule has 0 bridgehead atoms. The standard InChI is InChI=1S/C48H36BNO2/c1-47(2)36-25-26-39-45(42(36)33-24-23-31(27-37(33)47)50(29-15-7-5-8-16-29)30-17-9-6-10-18-30)52-46-43-34(32-19-11-12-20-35(32)48(43,3)4)28-41-44(46)49(39)38-21-13-14-22-40(38)51-41/h5-28H,1-4H3. The Hall–Kier alpha value is -6.00. The summed E-state index contributed by atoms with van der Waals surface area (Å²) in [5.41, 5.74) is 16.5. The molecule has 4 heteroatoms. The van der Waals surface area contributed by atoms with Crippen LogP contribution in [0.25, 0.3) is 22.3 Å². The average molecular weight is 670 g/mol. The molecule has 4 aliphatic rings. The second-order valence-corrected chi connectivity index (χ2v) is 15.7. The highest BCUT2D eigenvalue weighted by Gasteiger charge is 2.49. The molecular formula is C48H36BNO2. The SMILES string of the molecule is CC1(C)c2cc(N(c3ccccc3)c3ccccc3)ccc2-c2c1ccc1c2Oc2c3c(cc4c2C(C)(C)c2ccccc2-4)Oc2ccccc2B13. The third-order valence-corrected chi connectivity index (χ3v) is 12.1. The van der Waals surface area contributed by atoms with Gasteiger partial charge in [0.1, 0.15) is 23.0 Å². The minimum absolute atomic E-state index is 0.00750. The van der Waals surface area contributed by atoms with Crippen molar-refractivity contribution in [2.75, 3.05) is 4.90 Å². The summed E-state index contributed by atoms with van der Waals surface area (Å²) < 4.78 is 14.2. The Bertz CT molecular complexity index is 2600. The third kappa shape index (κ3) is 3.82. The molecule has 0 fully saturated rings. The monoisotopic (exact) mass is 669 g/mol. The van der Waals surface area contributed by atoms with Gasteiger partial charge in [0, 0.05) is 44.5 Å². The fourth-order valence-corrected chi connectivity index (χ4v) is 9.73. The Labute approximate surface area is 305 Å². The quantitative estimate of drug-likeness (QED) is 0.175. The molecule has 248 valence electrons. The number of hydrogen-bond acceptors (Lipinski definition) is 3. The van der Waals surface area contributed by atoms with Gasteiger partial charge in [0.05, 0.1) is 0 Å². The number of para-hydroxylation sites is 3. The molecule has 0 saturated carbocycles. The number of rotatable bonds is 3. The van der Waals surface area contributed by atoms with Gasteiger partial charge in [0.25, 0.3) is 6.71 Å². The molecule has 0 aromatic heterocycles. The molecule has 2 aliphatic carbocycles. The van der Waals surface area contributed by atoms with Gasteiger partial charge in [0.15, 0.2) is 0 Å². The maximum atomic E-state index is 7.47. The zero-order valence-corrected chi connectivity index (χ0v) is 29.7. The van der Waals surface area contributed by atoms with E-state index in [1.165, 1.54) is 55.4 Å². The average Bonchev–Trinajstić information content (AvgIpc) is 3.55. The van der Waals surface area contributed by atoms with Crippen LogP contribution >= 0.6 is 0 Å².